The summed E-state index contributed by atoms with van der Waals surface area (Å²) in [5.74, 6) is 4.29. The van der Waals surface area contributed by atoms with E-state index in [0.717, 1.165) is 25.0 Å². The van der Waals surface area contributed by atoms with Gasteiger partial charge in [-0.1, -0.05) is 19.3 Å². The van der Waals surface area contributed by atoms with Gasteiger partial charge in [0.15, 0.2) is 5.96 Å². The van der Waals surface area contributed by atoms with Gasteiger partial charge in [-0.05, 0) is 45.0 Å². The lowest BCUT2D eigenvalue weighted by atomic mass is 9.89. The highest BCUT2D eigenvalue weighted by Crippen LogP contribution is 2.31. The molecule has 0 aromatic heterocycles. The quantitative estimate of drug-likeness (QED) is 0.392. The molecule has 2 N–H and O–H groups in total. The van der Waals surface area contributed by atoms with Crippen LogP contribution in [0, 0.1) is 5.92 Å². The highest BCUT2D eigenvalue weighted by Gasteiger charge is 2.36. The van der Waals surface area contributed by atoms with E-state index in [1.54, 1.807) is 0 Å². The van der Waals surface area contributed by atoms with Crippen LogP contribution >= 0.6 is 35.7 Å². The Morgan fingerprint density at radius 1 is 1.23 bits per heavy atom. The molecule has 1 atom stereocenters. The molecule has 2 aliphatic rings. The summed E-state index contributed by atoms with van der Waals surface area (Å²) < 4.78 is 0. The number of nitrogens with one attached hydrogen (secondary N) is 2. The first-order valence-electron chi connectivity index (χ1n) is 8.36. The minimum absolute atomic E-state index is 0. The van der Waals surface area contributed by atoms with Crippen LogP contribution in [0.1, 0.15) is 38.5 Å². The normalized spacial score (nSPS) is 26.8. The van der Waals surface area contributed by atoms with E-state index in [0.29, 0.717) is 0 Å². The highest BCUT2D eigenvalue weighted by molar-refractivity contribution is 14.0. The van der Waals surface area contributed by atoms with Gasteiger partial charge in [0.05, 0.1) is 0 Å². The number of hydrogen-bond acceptors (Lipinski definition) is 3. The largest absolute Gasteiger partial charge is 0.356 e. The van der Waals surface area contributed by atoms with Crippen molar-refractivity contribution >= 4 is 41.7 Å². The Kier molecular flexibility index (Phi) is 9.47. The highest BCUT2D eigenvalue weighted by atomic mass is 127. The summed E-state index contributed by atoms with van der Waals surface area (Å²) >= 11 is 2.06. The number of nitrogens with zero attached hydrogens (tertiary/aromatic N) is 2. The summed E-state index contributed by atoms with van der Waals surface area (Å²) in [6.45, 7) is 2.06. The maximum absolute atomic E-state index is 4.39. The molecule has 0 spiro atoms. The second kappa shape index (κ2) is 10.2. The van der Waals surface area contributed by atoms with Crippen molar-refractivity contribution in [3.8, 4) is 0 Å². The molecule has 0 aromatic carbocycles. The van der Waals surface area contributed by atoms with Crippen molar-refractivity contribution in [1.82, 2.24) is 15.5 Å². The number of rotatable bonds is 5. The lowest BCUT2D eigenvalue weighted by Gasteiger charge is -2.36. The smallest absolute Gasteiger partial charge is 0.191 e. The molecule has 6 heteroatoms. The number of hydrogen-bond donors (Lipinski definition) is 2. The molecule has 0 radical (unpaired) electrons. The molecule has 130 valence electrons. The standard InChI is InChI=1S/C16H32N4S.HI/c1-17-15(18-11-14-7-5-4-6-8-14)19-12-16(20(2)3)9-10-21-13-16;/h14H,4-13H2,1-3H3,(H2,17,18,19);1H. The molecule has 1 saturated heterocycles. The van der Waals surface area contributed by atoms with E-state index in [2.05, 4.69) is 46.4 Å². The van der Waals surface area contributed by atoms with E-state index < -0.39 is 0 Å². The fourth-order valence-corrected chi connectivity index (χ4v) is 4.90. The molecule has 1 aliphatic carbocycles. The van der Waals surface area contributed by atoms with Gasteiger partial charge in [-0.3, -0.25) is 4.99 Å². The predicted octanol–water partition coefficient (Wildman–Crippen LogP) is 2.79. The summed E-state index contributed by atoms with van der Waals surface area (Å²) in [4.78, 5) is 6.78. The van der Waals surface area contributed by atoms with E-state index in [4.69, 9.17) is 0 Å². The minimum atomic E-state index is 0. The number of aliphatic imine (C=N–C) groups is 1. The molecule has 1 heterocycles. The van der Waals surface area contributed by atoms with Crippen LogP contribution in [0.15, 0.2) is 4.99 Å². The van der Waals surface area contributed by atoms with Crippen molar-refractivity contribution in [2.75, 3.05) is 45.7 Å². The lowest BCUT2D eigenvalue weighted by molar-refractivity contribution is 0.183. The Bertz CT molecular complexity index is 337. The Morgan fingerprint density at radius 2 is 1.95 bits per heavy atom. The second-order valence-electron chi connectivity index (χ2n) is 6.73. The Hall–Kier alpha value is 0.310. The molecule has 2 rings (SSSR count). The first kappa shape index (κ1) is 20.4. The average Bonchev–Trinajstić information content (AvgIpc) is 2.99. The van der Waals surface area contributed by atoms with Gasteiger partial charge in [0.2, 0.25) is 0 Å². The number of likely N-dealkylation sites (N-methyl/N-ethyl adjacent to an activating group) is 1. The van der Waals surface area contributed by atoms with Crippen molar-refractivity contribution in [3.63, 3.8) is 0 Å². The minimum Gasteiger partial charge on any atom is -0.356 e. The molecule has 4 nitrogen and oxygen atoms in total. The Balaban J connectivity index is 0.00000242. The van der Waals surface area contributed by atoms with E-state index in [9.17, 15) is 0 Å². The zero-order valence-electron chi connectivity index (χ0n) is 14.4. The van der Waals surface area contributed by atoms with Crippen LogP contribution < -0.4 is 10.6 Å². The Labute approximate surface area is 157 Å². The zero-order chi connectivity index (χ0) is 15.1. The van der Waals surface area contributed by atoms with Crippen molar-refractivity contribution < 1.29 is 0 Å². The molecule has 2 fully saturated rings. The van der Waals surface area contributed by atoms with Crippen molar-refractivity contribution in [1.29, 1.82) is 0 Å². The van der Waals surface area contributed by atoms with Crippen LogP contribution in [0.3, 0.4) is 0 Å². The van der Waals surface area contributed by atoms with E-state index in [-0.39, 0.29) is 29.5 Å². The van der Waals surface area contributed by atoms with Crippen LogP contribution in [-0.4, -0.2) is 62.1 Å². The van der Waals surface area contributed by atoms with Crippen LogP contribution in [-0.2, 0) is 0 Å². The number of guanidine groups is 1. The van der Waals surface area contributed by atoms with Gasteiger partial charge in [-0.2, -0.15) is 11.8 Å². The van der Waals surface area contributed by atoms with Gasteiger partial charge in [0.25, 0.3) is 0 Å². The van der Waals surface area contributed by atoms with Gasteiger partial charge in [0.1, 0.15) is 0 Å². The summed E-state index contributed by atoms with van der Waals surface area (Å²) in [7, 11) is 6.28. The fraction of sp³-hybridized carbons (Fsp3) is 0.938. The molecular weight excluding hydrogens is 407 g/mol. The Morgan fingerprint density at radius 3 is 2.50 bits per heavy atom. The second-order valence-corrected chi connectivity index (χ2v) is 7.84. The van der Waals surface area contributed by atoms with Crippen LogP contribution in [0.2, 0.25) is 0 Å². The summed E-state index contributed by atoms with van der Waals surface area (Å²) in [6.07, 6.45) is 8.24. The average molecular weight is 440 g/mol. The van der Waals surface area contributed by atoms with Crippen molar-refractivity contribution in [2.24, 2.45) is 10.9 Å². The summed E-state index contributed by atoms with van der Waals surface area (Å²) in [5.41, 5.74) is 0.285. The third-order valence-electron chi connectivity index (χ3n) is 5.12. The van der Waals surface area contributed by atoms with Gasteiger partial charge in [-0.15, -0.1) is 24.0 Å². The number of thioether (sulfide) groups is 1. The van der Waals surface area contributed by atoms with E-state index in [1.807, 2.05) is 7.05 Å². The summed E-state index contributed by atoms with van der Waals surface area (Å²) in [6, 6.07) is 0. The predicted molar refractivity (Wildman–Crippen MR) is 110 cm³/mol. The zero-order valence-corrected chi connectivity index (χ0v) is 17.5. The first-order chi connectivity index (χ1) is 10.2. The van der Waals surface area contributed by atoms with Crippen LogP contribution in [0.25, 0.3) is 0 Å². The van der Waals surface area contributed by atoms with E-state index in [1.165, 1.54) is 50.0 Å². The third-order valence-corrected chi connectivity index (χ3v) is 6.36. The molecule has 1 aliphatic heterocycles. The molecule has 0 aromatic rings. The lowest BCUT2D eigenvalue weighted by Crippen LogP contribution is -2.55. The van der Waals surface area contributed by atoms with Gasteiger partial charge in [-0.25, -0.2) is 0 Å². The van der Waals surface area contributed by atoms with Gasteiger partial charge in [0, 0.05) is 31.4 Å². The fourth-order valence-electron chi connectivity index (χ4n) is 3.35. The van der Waals surface area contributed by atoms with Crippen molar-refractivity contribution in [2.45, 2.75) is 44.1 Å². The molecule has 22 heavy (non-hydrogen) atoms. The first-order valence-corrected chi connectivity index (χ1v) is 9.51. The molecule has 1 unspecified atom stereocenters. The van der Waals surface area contributed by atoms with Crippen LogP contribution in [0.5, 0.6) is 0 Å². The molecule has 0 bridgehead atoms. The summed E-state index contributed by atoms with van der Waals surface area (Å²) in [5, 5.41) is 7.09. The van der Waals surface area contributed by atoms with Gasteiger partial charge >= 0.3 is 0 Å². The topological polar surface area (TPSA) is 39.7 Å². The molecule has 0 amide bonds. The van der Waals surface area contributed by atoms with Crippen molar-refractivity contribution in [3.05, 3.63) is 0 Å². The molecular formula is C16H33IN4S. The number of halogens is 1. The maximum Gasteiger partial charge on any atom is 0.191 e. The maximum atomic E-state index is 4.39. The van der Waals surface area contributed by atoms with Crippen LogP contribution in [0.4, 0.5) is 0 Å². The SMILES string of the molecule is CN=C(NCC1CCCCC1)NCC1(N(C)C)CCSC1.I. The monoisotopic (exact) mass is 440 g/mol. The van der Waals surface area contributed by atoms with E-state index >= 15 is 0 Å². The third kappa shape index (κ3) is 5.74. The van der Waals surface area contributed by atoms with Gasteiger partial charge < -0.3 is 15.5 Å². The molecule has 1 saturated carbocycles.